The van der Waals surface area contributed by atoms with Gasteiger partial charge in [0.1, 0.15) is 5.75 Å². The van der Waals surface area contributed by atoms with E-state index in [1.807, 2.05) is 0 Å². The molecule has 0 aliphatic rings. The average Bonchev–Trinajstić information content (AvgIpc) is 2.60. The van der Waals surface area contributed by atoms with Crippen LogP contribution < -0.4 is 10.1 Å². The van der Waals surface area contributed by atoms with Crippen LogP contribution in [0, 0.1) is 10.1 Å². The molecule has 1 amide bonds. The zero-order valence-electron chi connectivity index (χ0n) is 13.7. The van der Waals surface area contributed by atoms with Crippen LogP contribution in [0.15, 0.2) is 42.5 Å². The van der Waals surface area contributed by atoms with Gasteiger partial charge in [-0.15, -0.1) is 13.2 Å². The smallest absolute Gasteiger partial charge is 0.452 e. The van der Waals surface area contributed by atoms with E-state index in [1.54, 1.807) is 0 Å². The van der Waals surface area contributed by atoms with Gasteiger partial charge in [-0.25, -0.2) is 4.79 Å². The van der Waals surface area contributed by atoms with E-state index in [1.165, 1.54) is 0 Å². The first-order chi connectivity index (χ1) is 13.0. The van der Waals surface area contributed by atoms with Crippen molar-refractivity contribution in [3.63, 3.8) is 0 Å². The Kier molecular flexibility index (Phi) is 6.41. The Labute approximate surface area is 160 Å². The van der Waals surface area contributed by atoms with Gasteiger partial charge in [-0.2, -0.15) is 0 Å². The molecule has 0 radical (unpaired) electrons. The molecule has 28 heavy (non-hydrogen) atoms. The Balaban J connectivity index is 1.90. The zero-order chi connectivity index (χ0) is 20.9. The number of anilines is 1. The first kappa shape index (κ1) is 21.0. The van der Waals surface area contributed by atoms with Gasteiger partial charge in [0.15, 0.2) is 6.61 Å². The largest absolute Gasteiger partial charge is 0.573 e. The second kappa shape index (κ2) is 8.57. The molecule has 12 heteroatoms. The quantitative estimate of drug-likeness (QED) is 0.432. The number of rotatable bonds is 6. The minimum absolute atomic E-state index is 0.143. The molecule has 0 unspecified atom stereocenters. The highest BCUT2D eigenvalue weighted by molar-refractivity contribution is 6.33. The molecular formula is C16H10ClF3N2O6. The Bertz CT molecular complexity index is 902. The first-order valence-corrected chi connectivity index (χ1v) is 7.69. The number of amides is 1. The van der Waals surface area contributed by atoms with Crippen LogP contribution in [0.4, 0.5) is 24.5 Å². The van der Waals surface area contributed by atoms with Crippen molar-refractivity contribution in [2.75, 3.05) is 11.9 Å². The number of nitro benzene ring substituents is 1. The molecule has 0 saturated carbocycles. The lowest BCUT2D eigenvalue weighted by molar-refractivity contribution is -0.384. The molecule has 0 aromatic heterocycles. The van der Waals surface area contributed by atoms with E-state index >= 15 is 0 Å². The topological polar surface area (TPSA) is 108 Å². The lowest BCUT2D eigenvalue weighted by atomic mass is 10.2. The van der Waals surface area contributed by atoms with E-state index in [-0.39, 0.29) is 22.0 Å². The maximum Gasteiger partial charge on any atom is 0.573 e. The number of halogens is 4. The number of carbonyl (C=O) groups is 2. The molecule has 2 aromatic carbocycles. The van der Waals surface area contributed by atoms with E-state index in [2.05, 4.69) is 10.1 Å². The predicted molar refractivity (Wildman–Crippen MR) is 90.1 cm³/mol. The summed E-state index contributed by atoms with van der Waals surface area (Å²) in [4.78, 5) is 33.6. The Morgan fingerprint density at radius 3 is 2.32 bits per heavy atom. The lowest BCUT2D eigenvalue weighted by Crippen LogP contribution is -2.21. The second-order valence-corrected chi connectivity index (χ2v) is 5.52. The van der Waals surface area contributed by atoms with Crippen molar-refractivity contribution >= 4 is 34.9 Å². The molecule has 0 saturated heterocycles. The molecule has 0 heterocycles. The van der Waals surface area contributed by atoms with Crippen LogP contribution in [0.25, 0.3) is 0 Å². The monoisotopic (exact) mass is 418 g/mol. The number of nitrogens with one attached hydrogen (secondary N) is 1. The maximum absolute atomic E-state index is 12.1. The molecule has 0 fully saturated rings. The number of non-ortho nitro benzene ring substituents is 1. The number of hydrogen-bond acceptors (Lipinski definition) is 6. The van der Waals surface area contributed by atoms with Gasteiger partial charge in [0.25, 0.3) is 11.6 Å². The van der Waals surface area contributed by atoms with E-state index in [9.17, 15) is 32.9 Å². The highest BCUT2D eigenvalue weighted by Crippen LogP contribution is 2.24. The summed E-state index contributed by atoms with van der Waals surface area (Å²) >= 11 is 5.78. The molecule has 0 spiro atoms. The Morgan fingerprint density at radius 1 is 1.14 bits per heavy atom. The van der Waals surface area contributed by atoms with Crippen LogP contribution in [-0.4, -0.2) is 29.8 Å². The summed E-state index contributed by atoms with van der Waals surface area (Å²) < 4.78 is 44.7. The summed E-state index contributed by atoms with van der Waals surface area (Å²) in [5.41, 5.74) is -0.352. The minimum atomic E-state index is -4.84. The van der Waals surface area contributed by atoms with Crippen molar-refractivity contribution in [1.29, 1.82) is 0 Å². The number of benzene rings is 2. The molecule has 1 N–H and O–H groups in total. The van der Waals surface area contributed by atoms with Crippen LogP contribution in [0.1, 0.15) is 10.4 Å². The highest BCUT2D eigenvalue weighted by Gasteiger charge is 2.31. The lowest BCUT2D eigenvalue weighted by Gasteiger charge is -2.10. The maximum atomic E-state index is 12.1. The Morgan fingerprint density at radius 2 is 1.79 bits per heavy atom. The predicted octanol–water partition coefficient (Wildman–Crippen LogP) is 3.94. The number of nitrogens with zero attached hydrogens (tertiary/aromatic N) is 1. The molecule has 0 atom stereocenters. The van der Waals surface area contributed by atoms with Crippen molar-refractivity contribution in [1.82, 2.24) is 0 Å². The summed E-state index contributed by atoms with van der Waals surface area (Å²) in [5.74, 6) is -2.22. The van der Waals surface area contributed by atoms with Gasteiger partial charge in [-0.05, 0) is 30.3 Å². The number of ether oxygens (including phenoxy) is 2. The number of esters is 1. The molecule has 8 nitrogen and oxygen atoms in total. The zero-order valence-corrected chi connectivity index (χ0v) is 14.4. The number of carbonyl (C=O) groups excluding carboxylic acids is 2. The van der Waals surface area contributed by atoms with E-state index in [4.69, 9.17) is 16.3 Å². The van der Waals surface area contributed by atoms with Crippen LogP contribution in [-0.2, 0) is 9.53 Å². The number of nitro groups is 1. The fraction of sp³-hybridized carbons (Fsp3) is 0.125. The van der Waals surface area contributed by atoms with Crippen molar-refractivity contribution in [3.8, 4) is 5.75 Å². The van der Waals surface area contributed by atoms with Gasteiger partial charge >= 0.3 is 12.3 Å². The van der Waals surface area contributed by atoms with Gasteiger partial charge < -0.3 is 14.8 Å². The third-order valence-corrected chi connectivity index (χ3v) is 3.40. The fourth-order valence-corrected chi connectivity index (χ4v) is 2.18. The molecule has 0 bridgehead atoms. The van der Waals surface area contributed by atoms with Crippen molar-refractivity contribution in [3.05, 3.63) is 63.2 Å². The standard InChI is InChI=1S/C16H10ClF3N2O6/c17-13-7-10(22(25)26)3-6-12(13)15(24)27-8-14(23)21-9-1-4-11(5-2-9)28-16(18,19)20/h1-7H,8H2,(H,21,23). The molecule has 2 rings (SSSR count). The highest BCUT2D eigenvalue weighted by atomic mass is 35.5. The van der Waals surface area contributed by atoms with Crippen LogP contribution in [0.3, 0.4) is 0 Å². The average molecular weight is 419 g/mol. The van der Waals surface area contributed by atoms with Crippen LogP contribution in [0.5, 0.6) is 5.75 Å². The van der Waals surface area contributed by atoms with E-state index in [0.717, 1.165) is 42.5 Å². The third kappa shape index (κ3) is 6.13. The normalized spacial score (nSPS) is 10.9. The molecule has 148 valence electrons. The van der Waals surface area contributed by atoms with Crippen molar-refractivity contribution in [2.45, 2.75) is 6.36 Å². The van der Waals surface area contributed by atoms with Gasteiger partial charge in [0.05, 0.1) is 15.5 Å². The molecule has 0 aliphatic carbocycles. The van der Waals surface area contributed by atoms with E-state index < -0.39 is 35.5 Å². The van der Waals surface area contributed by atoms with Crippen molar-refractivity contribution < 1.29 is 37.2 Å². The van der Waals surface area contributed by atoms with E-state index in [0.29, 0.717) is 0 Å². The summed E-state index contributed by atoms with van der Waals surface area (Å²) in [5, 5.41) is 12.7. The number of alkyl halides is 3. The molecule has 2 aromatic rings. The van der Waals surface area contributed by atoms with Crippen LogP contribution in [0.2, 0.25) is 5.02 Å². The second-order valence-electron chi connectivity index (χ2n) is 5.12. The van der Waals surface area contributed by atoms with Crippen LogP contribution >= 0.6 is 11.6 Å². The van der Waals surface area contributed by atoms with Gasteiger partial charge in [0.2, 0.25) is 0 Å². The first-order valence-electron chi connectivity index (χ1n) is 7.32. The SMILES string of the molecule is O=C(COC(=O)c1ccc([N+](=O)[O-])cc1Cl)Nc1ccc(OC(F)(F)F)cc1. The van der Waals surface area contributed by atoms with Gasteiger partial charge in [-0.1, -0.05) is 11.6 Å². The van der Waals surface area contributed by atoms with Crippen molar-refractivity contribution in [2.24, 2.45) is 0 Å². The third-order valence-electron chi connectivity index (χ3n) is 3.09. The molecule has 0 aliphatic heterocycles. The Hall–Kier alpha value is -3.34. The minimum Gasteiger partial charge on any atom is -0.452 e. The van der Waals surface area contributed by atoms with Gasteiger partial charge in [0, 0.05) is 17.8 Å². The summed E-state index contributed by atoms with van der Waals surface area (Å²) in [6, 6.07) is 7.40. The fourth-order valence-electron chi connectivity index (χ4n) is 1.93. The number of hydrogen-bond donors (Lipinski definition) is 1. The van der Waals surface area contributed by atoms with Gasteiger partial charge in [-0.3, -0.25) is 14.9 Å². The molecular weight excluding hydrogens is 409 g/mol. The summed E-state index contributed by atoms with van der Waals surface area (Å²) in [6.45, 7) is -0.715. The summed E-state index contributed by atoms with van der Waals surface area (Å²) in [6.07, 6.45) is -4.84. The summed E-state index contributed by atoms with van der Waals surface area (Å²) in [7, 11) is 0.